The van der Waals surface area contributed by atoms with E-state index in [1.807, 2.05) is 46.8 Å². The molecule has 2 N–H and O–H groups in total. The molecule has 7 heteroatoms. The maximum atomic E-state index is 12.8. The summed E-state index contributed by atoms with van der Waals surface area (Å²) in [6, 6.07) is 3.71. The van der Waals surface area contributed by atoms with Crippen molar-refractivity contribution < 1.29 is 14.3 Å². The minimum absolute atomic E-state index is 0.185. The number of anilines is 1. The predicted octanol–water partition coefficient (Wildman–Crippen LogP) is 3.50. The second-order valence-corrected chi connectivity index (χ2v) is 8.40. The van der Waals surface area contributed by atoms with E-state index in [2.05, 4.69) is 20.5 Å². The summed E-state index contributed by atoms with van der Waals surface area (Å²) >= 11 is 0. The molecule has 0 radical (unpaired) electrons. The van der Waals surface area contributed by atoms with Crippen molar-refractivity contribution >= 4 is 17.8 Å². The topological polar surface area (TPSA) is 83.6 Å². The summed E-state index contributed by atoms with van der Waals surface area (Å²) in [7, 11) is 0. The summed E-state index contributed by atoms with van der Waals surface area (Å²) in [5.41, 5.74) is -0.579. The van der Waals surface area contributed by atoms with Crippen molar-refractivity contribution in [2.75, 3.05) is 24.5 Å². The molecule has 1 aromatic heterocycles. The zero-order chi connectivity index (χ0) is 20.8. The maximum absolute atomic E-state index is 12.8. The molecule has 0 aliphatic carbocycles. The van der Waals surface area contributed by atoms with Crippen molar-refractivity contribution in [3.8, 4) is 0 Å². The van der Waals surface area contributed by atoms with Gasteiger partial charge in [0.2, 0.25) is 0 Å². The molecule has 1 fully saturated rings. The first-order valence-corrected chi connectivity index (χ1v) is 10.2. The molecular formula is C21H34N4O3. The summed E-state index contributed by atoms with van der Waals surface area (Å²) in [4.78, 5) is 31.5. The van der Waals surface area contributed by atoms with Crippen LogP contribution in [0.2, 0.25) is 0 Å². The Bertz CT molecular complexity index is 657. The summed E-state index contributed by atoms with van der Waals surface area (Å²) in [5.74, 6) is 0.730. The first-order valence-electron chi connectivity index (χ1n) is 10.2. The number of hydrogen-bond acceptors (Lipinski definition) is 5. The molecule has 0 atom stereocenters. The molecule has 1 aliphatic heterocycles. The Morgan fingerprint density at radius 2 is 1.79 bits per heavy atom. The zero-order valence-corrected chi connectivity index (χ0v) is 17.8. The van der Waals surface area contributed by atoms with E-state index in [-0.39, 0.29) is 5.91 Å². The molecule has 1 aliphatic rings. The average molecular weight is 391 g/mol. The van der Waals surface area contributed by atoms with Crippen LogP contribution in [0.5, 0.6) is 0 Å². The molecule has 0 spiro atoms. The van der Waals surface area contributed by atoms with E-state index in [0.29, 0.717) is 24.9 Å². The molecule has 2 rings (SSSR count). The van der Waals surface area contributed by atoms with Gasteiger partial charge < -0.3 is 20.3 Å². The Morgan fingerprint density at radius 1 is 1.14 bits per heavy atom. The van der Waals surface area contributed by atoms with Gasteiger partial charge in [0, 0.05) is 25.8 Å². The maximum Gasteiger partial charge on any atom is 0.407 e. The Morgan fingerprint density at radius 3 is 2.29 bits per heavy atom. The molecule has 2 amide bonds. The Balaban J connectivity index is 1.99. The molecule has 0 bridgehead atoms. The number of carbonyl (C=O) groups excluding carboxylic acids is 2. The van der Waals surface area contributed by atoms with Gasteiger partial charge >= 0.3 is 6.09 Å². The number of carbonyl (C=O) groups is 2. The van der Waals surface area contributed by atoms with Crippen LogP contribution >= 0.6 is 0 Å². The minimum Gasteiger partial charge on any atom is -0.444 e. The van der Waals surface area contributed by atoms with Gasteiger partial charge in [-0.3, -0.25) is 4.79 Å². The number of ether oxygens (including phenoxy) is 1. The van der Waals surface area contributed by atoms with Gasteiger partial charge in [0.15, 0.2) is 0 Å². The van der Waals surface area contributed by atoms with E-state index in [1.165, 1.54) is 12.8 Å². The summed E-state index contributed by atoms with van der Waals surface area (Å²) in [5, 5.41) is 5.88. The summed E-state index contributed by atoms with van der Waals surface area (Å²) in [6.07, 6.45) is 4.88. The molecule has 1 aromatic rings. The lowest BCUT2D eigenvalue weighted by Crippen LogP contribution is -2.55. The lowest BCUT2D eigenvalue weighted by molar-refractivity contribution is 0.0501. The Labute approximate surface area is 168 Å². The standard InChI is InChI=1S/C21H34N4O3/c1-6-21(7-2,15-23-19(27)28-20(3,4)5)24-18(26)16-10-11-17(22-14-16)25-12-8-9-13-25/h10-11,14H,6-9,12-13,15H2,1-5H3,(H,23,27)(H,24,26). The van der Waals surface area contributed by atoms with Gasteiger partial charge in [-0.2, -0.15) is 0 Å². The van der Waals surface area contributed by atoms with Crippen molar-refractivity contribution in [1.82, 2.24) is 15.6 Å². The van der Waals surface area contributed by atoms with Crippen LogP contribution in [0, 0.1) is 0 Å². The average Bonchev–Trinajstić information content (AvgIpc) is 3.18. The summed E-state index contributed by atoms with van der Waals surface area (Å²) < 4.78 is 5.30. The van der Waals surface area contributed by atoms with E-state index >= 15 is 0 Å². The monoisotopic (exact) mass is 390 g/mol. The third-order valence-corrected chi connectivity index (χ3v) is 5.14. The highest BCUT2D eigenvalue weighted by atomic mass is 16.6. The molecule has 1 saturated heterocycles. The SMILES string of the molecule is CCC(CC)(CNC(=O)OC(C)(C)C)NC(=O)c1ccc(N2CCCC2)nc1. The normalized spacial score (nSPS) is 14.7. The van der Waals surface area contributed by atoms with Gasteiger partial charge in [-0.1, -0.05) is 13.8 Å². The van der Waals surface area contributed by atoms with Crippen LogP contribution in [0.25, 0.3) is 0 Å². The van der Waals surface area contributed by atoms with Gasteiger partial charge in [-0.25, -0.2) is 9.78 Å². The summed E-state index contributed by atoms with van der Waals surface area (Å²) in [6.45, 7) is 11.8. The number of hydrogen-bond donors (Lipinski definition) is 2. The van der Waals surface area contributed by atoms with Gasteiger partial charge in [-0.15, -0.1) is 0 Å². The number of alkyl carbamates (subject to hydrolysis) is 1. The van der Waals surface area contributed by atoms with E-state index in [4.69, 9.17) is 4.74 Å². The minimum atomic E-state index is -0.558. The number of nitrogens with zero attached hydrogens (tertiary/aromatic N) is 2. The van der Waals surface area contributed by atoms with E-state index in [0.717, 1.165) is 18.9 Å². The second-order valence-electron chi connectivity index (χ2n) is 8.40. The van der Waals surface area contributed by atoms with Gasteiger partial charge in [0.1, 0.15) is 11.4 Å². The Kier molecular flexibility index (Phi) is 7.27. The van der Waals surface area contributed by atoms with Crippen LogP contribution in [0.3, 0.4) is 0 Å². The number of rotatable bonds is 7. The van der Waals surface area contributed by atoms with Crippen LogP contribution in [-0.2, 0) is 4.74 Å². The highest BCUT2D eigenvalue weighted by Gasteiger charge is 2.30. The number of amides is 2. The molecule has 0 unspecified atom stereocenters. The van der Waals surface area contributed by atoms with Crippen LogP contribution in [-0.4, -0.2) is 47.8 Å². The highest BCUT2D eigenvalue weighted by molar-refractivity contribution is 5.94. The van der Waals surface area contributed by atoms with Crippen molar-refractivity contribution in [2.45, 2.75) is 71.4 Å². The number of nitrogens with one attached hydrogen (secondary N) is 2. The van der Waals surface area contributed by atoms with Crippen LogP contribution in [0.4, 0.5) is 10.6 Å². The molecule has 156 valence electrons. The number of aromatic nitrogens is 1. The third-order valence-electron chi connectivity index (χ3n) is 5.14. The Hall–Kier alpha value is -2.31. The first-order chi connectivity index (χ1) is 13.2. The van der Waals surface area contributed by atoms with Crippen molar-refractivity contribution in [3.63, 3.8) is 0 Å². The van der Waals surface area contributed by atoms with Crippen LogP contribution < -0.4 is 15.5 Å². The van der Waals surface area contributed by atoms with E-state index < -0.39 is 17.2 Å². The fourth-order valence-corrected chi connectivity index (χ4v) is 3.24. The van der Waals surface area contributed by atoms with Crippen molar-refractivity contribution in [2.24, 2.45) is 0 Å². The quantitative estimate of drug-likeness (QED) is 0.744. The molecule has 7 nitrogen and oxygen atoms in total. The van der Waals surface area contributed by atoms with Crippen LogP contribution in [0.15, 0.2) is 18.3 Å². The smallest absolute Gasteiger partial charge is 0.407 e. The van der Waals surface area contributed by atoms with Crippen molar-refractivity contribution in [3.05, 3.63) is 23.9 Å². The van der Waals surface area contributed by atoms with Gasteiger partial charge in [-0.05, 0) is 58.6 Å². The van der Waals surface area contributed by atoms with Gasteiger partial charge in [0.25, 0.3) is 5.91 Å². The number of pyridine rings is 1. The molecule has 28 heavy (non-hydrogen) atoms. The lowest BCUT2D eigenvalue weighted by Gasteiger charge is -2.33. The van der Waals surface area contributed by atoms with Gasteiger partial charge in [0.05, 0.1) is 11.1 Å². The zero-order valence-electron chi connectivity index (χ0n) is 17.8. The fourth-order valence-electron chi connectivity index (χ4n) is 3.24. The molecule has 2 heterocycles. The second kappa shape index (κ2) is 9.26. The first kappa shape index (κ1) is 22.0. The van der Waals surface area contributed by atoms with E-state index in [1.54, 1.807) is 6.20 Å². The largest absolute Gasteiger partial charge is 0.444 e. The fraction of sp³-hybridized carbons (Fsp3) is 0.667. The third kappa shape index (κ3) is 6.11. The van der Waals surface area contributed by atoms with Crippen molar-refractivity contribution in [1.29, 1.82) is 0 Å². The molecular weight excluding hydrogens is 356 g/mol. The molecule has 0 aromatic carbocycles. The van der Waals surface area contributed by atoms with Crippen LogP contribution in [0.1, 0.15) is 70.7 Å². The highest BCUT2D eigenvalue weighted by Crippen LogP contribution is 2.19. The predicted molar refractivity (Wildman–Crippen MR) is 111 cm³/mol. The molecule has 0 saturated carbocycles. The lowest BCUT2D eigenvalue weighted by atomic mass is 9.92. The van der Waals surface area contributed by atoms with E-state index in [9.17, 15) is 9.59 Å².